The van der Waals surface area contributed by atoms with Crippen LogP contribution in [-0.2, 0) is 22.6 Å². The highest BCUT2D eigenvalue weighted by Crippen LogP contribution is 2.41. The van der Waals surface area contributed by atoms with Gasteiger partial charge in [-0.2, -0.15) is 0 Å². The van der Waals surface area contributed by atoms with Crippen molar-refractivity contribution in [1.29, 1.82) is 0 Å². The molecule has 2 amide bonds. The summed E-state index contributed by atoms with van der Waals surface area (Å²) in [4.78, 5) is 53.1. The van der Waals surface area contributed by atoms with Gasteiger partial charge in [-0.15, -0.1) is 21.5 Å². The van der Waals surface area contributed by atoms with Gasteiger partial charge in [0, 0.05) is 79.2 Å². The molecule has 2 aromatic carbocycles. The monoisotopic (exact) mass is 1020 g/mol. The van der Waals surface area contributed by atoms with E-state index in [0.717, 1.165) is 109 Å². The van der Waals surface area contributed by atoms with Crippen LogP contribution in [-0.4, -0.2) is 118 Å². The van der Waals surface area contributed by atoms with Gasteiger partial charge in [0.15, 0.2) is 11.4 Å². The molecule has 5 aromatic heterocycles. The Bertz CT molecular complexity index is 3090. The SMILES string of the molecule is Cc1ncsc1-c1ccc(CNC(=O)[C@@H]2C[C@@H](O)CN2C(=O)[C@@H](c2cc(OCC3CCN(C4CCC(c5cnc(N6CCc7[nH]c8nnc(-c9ccccc9O)cc8c7[C@H]6C)nc5)CC4)CC3)no2)C(C)C)cc1. The van der Waals surface area contributed by atoms with Gasteiger partial charge in [0.05, 0.1) is 40.5 Å². The molecule has 4 atom stereocenters. The summed E-state index contributed by atoms with van der Waals surface area (Å²) in [7, 11) is 0. The Kier molecular flexibility index (Phi) is 14.2. The topological polar surface area (TPSA) is 212 Å². The summed E-state index contributed by atoms with van der Waals surface area (Å²) in [6.45, 7) is 11.8. The molecule has 386 valence electrons. The fourth-order valence-corrected chi connectivity index (χ4v) is 12.7. The Morgan fingerprint density at radius 2 is 1.73 bits per heavy atom. The molecule has 2 saturated heterocycles. The average molecular weight is 1020 g/mol. The first-order valence-electron chi connectivity index (χ1n) is 26.3. The number of aromatic amines is 1. The number of piperidine rings is 1. The third kappa shape index (κ3) is 10.1. The summed E-state index contributed by atoms with van der Waals surface area (Å²) >= 11 is 1.60. The van der Waals surface area contributed by atoms with Gasteiger partial charge in [-0.3, -0.25) is 9.59 Å². The van der Waals surface area contributed by atoms with Crippen LogP contribution in [0.25, 0.3) is 32.7 Å². The fourth-order valence-electron chi connectivity index (χ4n) is 11.9. The van der Waals surface area contributed by atoms with Crippen LogP contribution in [0.4, 0.5) is 5.95 Å². The number of fused-ring (bicyclic) bond motifs is 3. The van der Waals surface area contributed by atoms with E-state index in [0.29, 0.717) is 53.9 Å². The summed E-state index contributed by atoms with van der Waals surface area (Å²) < 4.78 is 12.0. The number of carbonyl (C=O) groups is 2. The van der Waals surface area contributed by atoms with Gasteiger partial charge in [-0.1, -0.05) is 50.2 Å². The smallest absolute Gasteiger partial charge is 0.254 e. The first-order valence-corrected chi connectivity index (χ1v) is 27.2. The Morgan fingerprint density at radius 3 is 2.46 bits per heavy atom. The number of nitrogens with one attached hydrogen (secondary N) is 2. The number of β-amino-alcohol motifs (C(OH)–C–C–N with tert-alkyl or cyclic N) is 1. The van der Waals surface area contributed by atoms with Crippen LogP contribution < -0.4 is 15.0 Å². The van der Waals surface area contributed by atoms with Gasteiger partial charge in [-0.25, -0.2) is 15.0 Å². The summed E-state index contributed by atoms with van der Waals surface area (Å²) in [5.41, 5.74) is 10.4. The van der Waals surface area contributed by atoms with Crippen molar-refractivity contribution in [2.75, 3.05) is 37.7 Å². The Balaban J connectivity index is 0.633. The highest BCUT2D eigenvalue weighted by molar-refractivity contribution is 7.13. The Hall–Kier alpha value is -6.76. The van der Waals surface area contributed by atoms with Gasteiger partial charge >= 0.3 is 0 Å². The molecule has 17 nitrogen and oxygen atoms in total. The molecule has 0 bridgehead atoms. The highest BCUT2D eigenvalue weighted by atomic mass is 32.1. The van der Waals surface area contributed by atoms with Crippen molar-refractivity contribution < 1.29 is 29.1 Å². The summed E-state index contributed by atoms with van der Waals surface area (Å²) in [5.74, 6) is 1.05. The van der Waals surface area contributed by atoms with Crippen molar-refractivity contribution in [3.8, 4) is 33.3 Å². The van der Waals surface area contributed by atoms with E-state index in [4.69, 9.17) is 19.2 Å². The molecule has 0 spiro atoms. The van der Waals surface area contributed by atoms with Crippen molar-refractivity contribution in [3.05, 3.63) is 112 Å². The zero-order valence-corrected chi connectivity index (χ0v) is 43.3. The number of hydrogen-bond acceptors (Lipinski definition) is 15. The number of anilines is 1. The molecule has 7 aromatic rings. The molecule has 11 rings (SSSR count). The van der Waals surface area contributed by atoms with Crippen LogP contribution in [0.15, 0.2) is 83.1 Å². The molecule has 8 heterocycles. The predicted octanol–water partition coefficient (Wildman–Crippen LogP) is 8.50. The lowest BCUT2D eigenvalue weighted by molar-refractivity contribution is -0.141. The van der Waals surface area contributed by atoms with Crippen LogP contribution in [0.5, 0.6) is 11.6 Å². The number of hydrogen-bond donors (Lipinski definition) is 4. The number of para-hydroxylation sites is 1. The summed E-state index contributed by atoms with van der Waals surface area (Å²) in [6, 6.07) is 18.7. The number of aromatic hydroxyl groups is 1. The van der Waals surface area contributed by atoms with Crippen LogP contribution in [0, 0.1) is 18.8 Å². The number of phenolic OH excluding ortho intramolecular Hbond substituents is 1. The van der Waals surface area contributed by atoms with E-state index in [2.05, 4.69) is 47.4 Å². The molecule has 4 N–H and O–H groups in total. The van der Waals surface area contributed by atoms with Crippen LogP contribution in [0.1, 0.15) is 117 Å². The maximum atomic E-state index is 14.2. The van der Waals surface area contributed by atoms with Crippen molar-refractivity contribution >= 4 is 40.1 Å². The molecule has 3 fully saturated rings. The minimum absolute atomic E-state index is 0.0243. The lowest BCUT2D eigenvalue weighted by Gasteiger charge is -2.40. The lowest BCUT2D eigenvalue weighted by Crippen LogP contribution is -2.48. The standard InChI is InChI=1S/C56H65N11O6S/c1-32(2)50(55(71)67-29-41(68)23-46(67)54(70)57-26-35-9-11-38(12-10-35)52-33(3)60-31-74-52)48-25-49(64-73-48)72-30-36-17-20-65(21-18-36)40-15-13-37(14-16-40)39-27-58-56(59-28-39)66-22-19-44-51(34(66)4)43-24-45(62-63-53(43)61-44)42-7-5-6-8-47(42)69/h5-12,24-25,27-28,31-32,34,36-37,40-41,46,50,68-69H,13-23,26,29-30H2,1-4H3,(H,57,70)(H,61,63)/t34-,37?,40?,41-,46+,50-/m1/s1. The zero-order chi connectivity index (χ0) is 51.0. The highest BCUT2D eigenvalue weighted by Gasteiger charge is 2.43. The molecule has 3 aliphatic heterocycles. The van der Waals surface area contributed by atoms with Crippen LogP contribution >= 0.6 is 11.3 Å². The number of carbonyl (C=O) groups excluding carboxylic acids is 2. The van der Waals surface area contributed by atoms with Gasteiger partial charge in [-0.05, 0) is 123 Å². The minimum atomic E-state index is -0.808. The first kappa shape index (κ1) is 49.5. The Morgan fingerprint density at radius 1 is 0.959 bits per heavy atom. The quantitative estimate of drug-likeness (QED) is 0.0805. The number of aromatic nitrogens is 7. The van der Waals surface area contributed by atoms with Crippen LogP contribution in [0.2, 0.25) is 0 Å². The number of amides is 2. The molecule has 1 aliphatic carbocycles. The zero-order valence-electron chi connectivity index (χ0n) is 42.5. The molecule has 18 heteroatoms. The molecule has 74 heavy (non-hydrogen) atoms. The van der Waals surface area contributed by atoms with Gasteiger partial charge in [0.1, 0.15) is 17.7 Å². The molecule has 0 unspecified atom stereocenters. The fraction of sp³-hybridized carbons (Fsp3) is 0.464. The van der Waals surface area contributed by atoms with Gasteiger partial charge < -0.3 is 44.5 Å². The second-order valence-electron chi connectivity index (χ2n) is 21.1. The third-order valence-corrected chi connectivity index (χ3v) is 17.1. The number of thiazole rings is 1. The number of ether oxygens (including phenoxy) is 1. The lowest BCUT2D eigenvalue weighted by atomic mass is 9.81. The first-order chi connectivity index (χ1) is 35.9. The number of phenols is 1. The van der Waals surface area contributed by atoms with Gasteiger partial charge in [0.25, 0.3) is 5.88 Å². The van der Waals surface area contributed by atoms with E-state index >= 15 is 0 Å². The summed E-state index contributed by atoms with van der Waals surface area (Å²) in [5, 5.41) is 38.3. The van der Waals surface area contributed by atoms with E-state index in [1.54, 1.807) is 29.5 Å². The number of nitrogens with zero attached hydrogens (tertiary/aromatic N) is 9. The van der Waals surface area contributed by atoms with E-state index in [9.17, 15) is 19.8 Å². The number of H-pyrrole nitrogens is 1. The number of aliphatic hydroxyl groups excluding tert-OH is 1. The van der Waals surface area contributed by atoms with Crippen LogP contribution in [0.3, 0.4) is 0 Å². The largest absolute Gasteiger partial charge is 0.507 e. The second kappa shape index (κ2) is 21.2. The molecule has 0 radical (unpaired) electrons. The third-order valence-electron chi connectivity index (χ3n) is 16.1. The number of aryl methyl sites for hydroxylation is 1. The number of likely N-dealkylation sites (tertiary alicyclic amines) is 2. The predicted molar refractivity (Wildman–Crippen MR) is 282 cm³/mol. The molecular formula is C56H65N11O6S. The van der Waals surface area contributed by atoms with Crippen molar-refractivity contribution in [2.24, 2.45) is 11.8 Å². The average Bonchev–Trinajstić information content (AvgIpc) is 4.24. The molecule has 4 aliphatic rings. The normalized spacial score (nSPS) is 22.1. The minimum Gasteiger partial charge on any atom is -0.507 e. The number of aliphatic hydroxyl groups is 1. The van der Waals surface area contributed by atoms with Crippen molar-refractivity contribution in [2.45, 2.75) is 122 Å². The number of rotatable bonds is 14. The maximum absolute atomic E-state index is 14.2. The maximum Gasteiger partial charge on any atom is 0.254 e. The van der Waals surface area contributed by atoms with E-state index in [-0.39, 0.29) is 42.5 Å². The summed E-state index contributed by atoms with van der Waals surface area (Å²) in [6.07, 6.45) is 10.8. The van der Waals surface area contributed by atoms with E-state index < -0.39 is 18.1 Å². The van der Waals surface area contributed by atoms with E-state index in [1.165, 1.54) is 16.0 Å². The molecule has 1 saturated carbocycles. The van der Waals surface area contributed by atoms with Crippen molar-refractivity contribution in [3.63, 3.8) is 0 Å². The number of benzene rings is 2. The van der Waals surface area contributed by atoms with Crippen molar-refractivity contribution in [1.82, 2.24) is 50.4 Å². The van der Waals surface area contributed by atoms with E-state index in [1.807, 2.05) is 81.1 Å². The Labute approximate surface area is 434 Å². The second-order valence-corrected chi connectivity index (χ2v) is 22.0. The molecular weight excluding hydrogens is 955 g/mol. The van der Waals surface area contributed by atoms with Gasteiger partial charge in [0.2, 0.25) is 17.8 Å².